The number of H-pyrrole nitrogens is 1. The number of carbonyl (C=O) groups is 2. The van der Waals surface area contributed by atoms with Gasteiger partial charge in [-0.05, 0) is 73.4 Å². The Kier molecular flexibility index (Phi) is 7.22. The van der Waals surface area contributed by atoms with Crippen LogP contribution in [0.3, 0.4) is 0 Å². The molecule has 0 unspecified atom stereocenters. The zero-order chi connectivity index (χ0) is 25.8. The third-order valence-corrected chi connectivity index (χ3v) is 7.61. The first-order valence-corrected chi connectivity index (χ1v) is 13.0. The van der Waals surface area contributed by atoms with Gasteiger partial charge in [0.15, 0.2) is 0 Å². The minimum absolute atomic E-state index is 0.0385. The predicted molar refractivity (Wildman–Crippen MR) is 143 cm³/mol. The number of piperidine rings is 2. The van der Waals surface area contributed by atoms with E-state index < -0.39 is 0 Å². The molecule has 2 aliphatic heterocycles. The van der Waals surface area contributed by atoms with Gasteiger partial charge in [0.25, 0.3) is 11.8 Å². The van der Waals surface area contributed by atoms with Gasteiger partial charge in [0.05, 0.1) is 22.5 Å². The van der Waals surface area contributed by atoms with Crippen molar-refractivity contribution in [2.75, 3.05) is 36.4 Å². The highest BCUT2D eigenvalue weighted by Crippen LogP contribution is 2.36. The van der Waals surface area contributed by atoms with E-state index in [1.54, 1.807) is 24.5 Å². The third kappa shape index (κ3) is 5.51. The summed E-state index contributed by atoms with van der Waals surface area (Å²) in [6.45, 7) is 5.61. The molecule has 2 amide bonds. The lowest BCUT2D eigenvalue weighted by molar-refractivity contribution is 0.0712. The Morgan fingerprint density at radius 2 is 1.86 bits per heavy atom. The minimum Gasteiger partial charge on any atom is -0.370 e. The fourth-order valence-electron chi connectivity index (χ4n) is 5.29. The molecule has 3 aromatic rings. The lowest BCUT2D eigenvalue weighted by atomic mass is 9.88. The van der Waals surface area contributed by atoms with E-state index in [0.717, 1.165) is 50.1 Å². The monoisotopic (exact) mass is 496 g/mol. The first-order valence-electron chi connectivity index (χ1n) is 13.0. The van der Waals surface area contributed by atoms with Crippen molar-refractivity contribution in [2.24, 2.45) is 5.92 Å². The van der Waals surface area contributed by atoms with Crippen LogP contribution in [0.25, 0.3) is 0 Å². The SMILES string of the molecule is CC1CCN(c2cc(C3CCN(C(=O)c4cccnc4)CC3)ccc2NC(=O)c2cc(C#N)c[nH]2)CC1. The molecule has 2 aromatic heterocycles. The van der Waals surface area contributed by atoms with E-state index in [4.69, 9.17) is 5.26 Å². The quantitative estimate of drug-likeness (QED) is 0.528. The molecule has 0 bridgehead atoms. The van der Waals surface area contributed by atoms with E-state index in [1.165, 1.54) is 11.8 Å². The predicted octanol–water partition coefficient (Wildman–Crippen LogP) is 4.79. The molecule has 2 saturated heterocycles. The van der Waals surface area contributed by atoms with Gasteiger partial charge in [0.2, 0.25) is 0 Å². The molecule has 2 fully saturated rings. The number of nitrogens with one attached hydrogen (secondary N) is 2. The van der Waals surface area contributed by atoms with Gasteiger partial charge in [-0.1, -0.05) is 13.0 Å². The van der Waals surface area contributed by atoms with Crippen LogP contribution in [0.2, 0.25) is 0 Å². The normalized spacial score (nSPS) is 16.9. The van der Waals surface area contributed by atoms with E-state index in [2.05, 4.69) is 39.2 Å². The molecule has 8 nitrogen and oxygen atoms in total. The standard InChI is InChI=1S/C29H32N6O2/c1-20-6-11-34(12-7-20)27-16-23(4-5-25(27)33-28(36)26-15-21(17-30)18-32-26)22-8-13-35(14-9-22)29(37)24-3-2-10-31-19-24/h2-5,10,15-16,18-20,22,32H,6-9,11-14H2,1H3,(H,33,36). The van der Waals surface area contributed by atoms with Crippen LogP contribution >= 0.6 is 0 Å². The lowest BCUT2D eigenvalue weighted by Gasteiger charge is -2.35. The smallest absolute Gasteiger partial charge is 0.272 e. The second kappa shape index (κ2) is 10.9. The number of aromatic amines is 1. The van der Waals surface area contributed by atoms with Crippen LogP contribution in [0.15, 0.2) is 55.0 Å². The highest BCUT2D eigenvalue weighted by atomic mass is 16.2. The summed E-state index contributed by atoms with van der Waals surface area (Å²) in [5, 5.41) is 12.1. The average molecular weight is 497 g/mol. The summed E-state index contributed by atoms with van der Waals surface area (Å²) in [5.41, 5.74) is 4.49. The summed E-state index contributed by atoms with van der Waals surface area (Å²) < 4.78 is 0. The Labute approximate surface area is 217 Å². The summed E-state index contributed by atoms with van der Waals surface area (Å²) in [4.78, 5) is 37.0. The first kappa shape index (κ1) is 24.6. The summed E-state index contributed by atoms with van der Waals surface area (Å²) in [5.74, 6) is 0.828. The zero-order valence-corrected chi connectivity index (χ0v) is 21.1. The number of rotatable bonds is 5. The molecular formula is C29H32N6O2. The van der Waals surface area contributed by atoms with Crippen LogP contribution in [-0.4, -0.2) is 52.9 Å². The second-order valence-corrected chi connectivity index (χ2v) is 10.1. The molecule has 1 aromatic carbocycles. The molecule has 190 valence electrons. The number of carbonyl (C=O) groups excluding carboxylic acids is 2. The summed E-state index contributed by atoms with van der Waals surface area (Å²) in [6.07, 6.45) is 8.87. The highest BCUT2D eigenvalue weighted by Gasteiger charge is 2.27. The van der Waals surface area contributed by atoms with Gasteiger partial charge in [-0.25, -0.2) is 0 Å². The maximum Gasteiger partial charge on any atom is 0.272 e. The van der Waals surface area contributed by atoms with Crippen molar-refractivity contribution in [3.05, 3.63) is 77.4 Å². The van der Waals surface area contributed by atoms with Gasteiger partial charge in [-0.15, -0.1) is 0 Å². The van der Waals surface area contributed by atoms with E-state index in [-0.39, 0.29) is 11.8 Å². The fraction of sp³-hybridized carbons (Fsp3) is 0.379. The Morgan fingerprint density at radius 1 is 1.08 bits per heavy atom. The van der Waals surface area contributed by atoms with Gasteiger partial charge >= 0.3 is 0 Å². The Hall–Kier alpha value is -4.12. The average Bonchev–Trinajstić information content (AvgIpc) is 3.44. The molecule has 8 heteroatoms. The summed E-state index contributed by atoms with van der Waals surface area (Å²) >= 11 is 0. The largest absolute Gasteiger partial charge is 0.370 e. The summed E-state index contributed by atoms with van der Waals surface area (Å²) in [6, 6.07) is 13.5. The maximum atomic E-state index is 12.9. The van der Waals surface area contributed by atoms with Gasteiger partial charge < -0.3 is 20.1 Å². The topological polar surface area (TPSA) is 105 Å². The molecular weight excluding hydrogens is 464 g/mol. The summed E-state index contributed by atoms with van der Waals surface area (Å²) in [7, 11) is 0. The van der Waals surface area contributed by atoms with E-state index in [1.807, 2.05) is 23.1 Å². The number of hydrogen-bond donors (Lipinski definition) is 2. The van der Waals surface area contributed by atoms with Crippen LogP contribution in [0.5, 0.6) is 0 Å². The van der Waals surface area contributed by atoms with Crippen molar-refractivity contribution < 1.29 is 9.59 Å². The van der Waals surface area contributed by atoms with Gasteiger partial charge in [-0.3, -0.25) is 14.6 Å². The number of nitriles is 1. The molecule has 5 rings (SSSR count). The number of benzene rings is 1. The number of pyridine rings is 1. The Bertz CT molecular complexity index is 1300. The molecule has 0 atom stereocenters. The van der Waals surface area contributed by atoms with Gasteiger partial charge in [0, 0.05) is 44.8 Å². The molecule has 2 N–H and O–H groups in total. The van der Waals surface area contributed by atoms with Crippen LogP contribution in [-0.2, 0) is 0 Å². The number of likely N-dealkylation sites (tertiary alicyclic amines) is 1. The number of amides is 2. The Morgan fingerprint density at radius 3 is 2.54 bits per heavy atom. The third-order valence-electron chi connectivity index (χ3n) is 7.61. The molecule has 0 aliphatic carbocycles. The fourth-order valence-corrected chi connectivity index (χ4v) is 5.29. The van der Waals surface area contributed by atoms with Crippen LogP contribution in [0.4, 0.5) is 11.4 Å². The number of anilines is 2. The number of aromatic nitrogens is 2. The zero-order valence-electron chi connectivity index (χ0n) is 21.1. The molecule has 2 aliphatic rings. The van der Waals surface area contributed by atoms with Crippen LogP contribution in [0, 0.1) is 17.2 Å². The Balaban J connectivity index is 1.33. The van der Waals surface area contributed by atoms with Crippen LogP contribution < -0.4 is 10.2 Å². The first-order chi connectivity index (χ1) is 18.0. The van der Waals surface area contributed by atoms with Crippen molar-refractivity contribution in [3.63, 3.8) is 0 Å². The minimum atomic E-state index is -0.261. The molecule has 0 spiro atoms. The van der Waals surface area contributed by atoms with Crippen LogP contribution in [0.1, 0.15) is 70.5 Å². The maximum absolute atomic E-state index is 12.9. The van der Waals surface area contributed by atoms with Crippen molar-refractivity contribution in [2.45, 2.75) is 38.5 Å². The van der Waals surface area contributed by atoms with E-state index in [9.17, 15) is 9.59 Å². The van der Waals surface area contributed by atoms with Crippen molar-refractivity contribution in [3.8, 4) is 6.07 Å². The van der Waals surface area contributed by atoms with Gasteiger partial charge in [0.1, 0.15) is 11.8 Å². The van der Waals surface area contributed by atoms with Gasteiger partial charge in [-0.2, -0.15) is 5.26 Å². The second-order valence-electron chi connectivity index (χ2n) is 10.1. The van der Waals surface area contributed by atoms with E-state index >= 15 is 0 Å². The molecule has 37 heavy (non-hydrogen) atoms. The molecule has 0 saturated carbocycles. The molecule has 0 radical (unpaired) electrons. The number of nitrogens with zero attached hydrogens (tertiary/aromatic N) is 4. The number of hydrogen-bond acceptors (Lipinski definition) is 5. The van der Waals surface area contributed by atoms with Crippen molar-refractivity contribution >= 4 is 23.2 Å². The van der Waals surface area contributed by atoms with Crippen molar-refractivity contribution in [1.29, 1.82) is 5.26 Å². The van der Waals surface area contributed by atoms with Crippen molar-refractivity contribution in [1.82, 2.24) is 14.9 Å². The lowest BCUT2D eigenvalue weighted by Crippen LogP contribution is -2.38. The molecule has 4 heterocycles. The van der Waals surface area contributed by atoms with E-state index in [0.29, 0.717) is 41.7 Å². The highest BCUT2D eigenvalue weighted by molar-refractivity contribution is 6.05.